The topological polar surface area (TPSA) is 97.5 Å². The predicted octanol–water partition coefficient (Wildman–Crippen LogP) is -0.649. The van der Waals surface area contributed by atoms with Crippen molar-refractivity contribution in [3.8, 4) is 5.82 Å². The smallest absolute Gasteiger partial charge is 0.465 e. The van der Waals surface area contributed by atoms with Crippen LogP contribution in [0.15, 0.2) is 18.6 Å². The Morgan fingerprint density at radius 3 is 2.50 bits per heavy atom. The molecule has 0 bridgehead atoms. The minimum absolute atomic E-state index is 0.111. The van der Waals surface area contributed by atoms with Crippen LogP contribution in [-0.2, 0) is 4.74 Å². The number of hydrogen-bond donors (Lipinski definition) is 2. The molecule has 2 rings (SSSR count). The maximum absolute atomic E-state index is 11.9. The summed E-state index contributed by atoms with van der Waals surface area (Å²) in [6.07, 6.45) is 4.57. The molecule has 0 unspecified atom stereocenters. The number of methoxy groups -OCH3 is 1. The van der Waals surface area contributed by atoms with Crippen LogP contribution in [0.5, 0.6) is 0 Å². The van der Waals surface area contributed by atoms with E-state index in [1.807, 2.05) is 0 Å². The lowest BCUT2D eigenvalue weighted by Crippen LogP contribution is -2.35. The standard InChI is InChI=1S/C12H14BN3O4/c1-7-10(12(17)20-3)11(13(18)19)8(2)16(7)9-6-14-4-5-15-9/h4-6,18-19H,1-3H3. The normalized spacial score (nSPS) is 10.4. The first-order chi connectivity index (χ1) is 9.49. The summed E-state index contributed by atoms with van der Waals surface area (Å²) >= 11 is 0. The van der Waals surface area contributed by atoms with Gasteiger partial charge in [0.25, 0.3) is 0 Å². The fourth-order valence-electron chi connectivity index (χ4n) is 2.29. The first-order valence-corrected chi connectivity index (χ1v) is 5.91. The zero-order valence-corrected chi connectivity index (χ0v) is 11.4. The van der Waals surface area contributed by atoms with Crippen molar-refractivity contribution in [2.45, 2.75) is 13.8 Å². The second kappa shape index (κ2) is 5.44. The van der Waals surface area contributed by atoms with Gasteiger partial charge in [0, 0.05) is 29.2 Å². The molecule has 20 heavy (non-hydrogen) atoms. The molecule has 0 spiro atoms. The summed E-state index contributed by atoms with van der Waals surface area (Å²) in [6.45, 7) is 3.35. The van der Waals surface area contributed by atoms with E-state index in [4.69, 9.17) is 4.74 Å². The van der Waals surface area contributed by atoms with Gasteiger partial charge < -0.3 is 19.4 Å². The maximum atomic E-state index is 11.9. The molecule has 7 nitrogen and oxygen atoms in total. The van der Waals surface area contributed by atoms with Crippen molar-refractivity contribution in [3.63, 3.8) is 0 Å². The molecule has 0 fully saturated rings. The molecule has 0 atom stereocenters. The molecule has 2 aromatic heterocycles. The highest BCUT2D eigenvalue weighted by Gasteiger charge is 2.31. The highest BCUT2D eigenvalue weighted by Crippen LogP contribution is 2.18. The fraction of sp³-hybridized carbons (Fsp3) is 0.250. The number of rotatable bonds is 3. The monoisotopic (exact) mass is 275 g/mol. The van der Waals surface area contributed by atoms with Gasteiger partial charge in [0.15, 0.2) is 5.82 Å². The lowest BCUT2D eigenvalue weighted by Gasteiger charge is -2.07. The molecule has 0 aliphatic heterocycles. The molecular weight excluding hydrogens is 261 g/mol. The molecule has 0 saturated carbocycles. The van der Waals surface area contributed by atoms with Crippen LogP contribution in [0.2, 0.25) is 0 Å². The molecule has 0 saturated heterocycles. The number of esters is 1. The maximum Gasteiger partial charge on any atom is 0.491 e. The van der Waals surface area contributed by atoms with E-state index in [9.17, 15) is 14.8 Å². The van der Waals surface area contributed by atoms with Gasteiger partial charge in [-0.05, 0) is 13.8 Å². The van der Waals surface area contributed by atoms with Crippen molar-refractivity contribution in [1.82, 2.24) is 14.5 Å². The van der Waals surface area contributed by atoms with Crippen LogP contribution in [0.3, 0.4) is 0 Å². The van der Waals surface area contributed by atoms with Gasteiger partial charge >= 0.3 is 13.1 Å². The van der Waals surface area contributed by atoms with Gasteiger partial charge in [-0.2, -0.15) is 0 Å². The van der Waals surface area contributed by atoms with E-state index in [0.717, 1.165) is 0 Å². The highest BCUT2D eigenvalue weighted by atomic mass is 16.5. The third-order valence-electron chi connectivity index (χ3n) is 3.12. The summed E-state index contributed by atoms with van der Waals surface area (Å²) in [4.78, 5) is 20.0. The zero-order valence-electron chi connectivity index (χ0n) is 11.4. The number of carbonyl (C=O) groups is 1. The third kappa shape index (κ3) is 2.19. The van der Waals surface area contributed by atoms with Crippen molar-refractivity contribution in [2.75, 3.05) is 7.11 Å². The van der Waals surface area contributed by atoms with E-state index in [1.54, 1.807) is 18.4 Å². The Labute approximate surface area is 116 Å². The summed E-state index contributed by atoms with van der Waals surface area (Å²) in [7, 11) is -0.537. The van der Waals surface area contributed by atoms with Crippen molar-refractivity contribution < 1.29 is 19.6 Å². The number of ether oxygens (including phenoxy) is 1. The number of carbonyl (C=O) groups excluding carboxylic acids is 1. The van der Waals surface area contributed by atoms with Crippen LogP contribution in [0, 0.1) is 13.8 Å². The first kappa shape index (κ1) is 14.2. The average Bonchev–Trinajstić information content (AvgIpc) is 2.70. The van der Waals surface area contributed by atoms with Gasteiger partial charge in [-0.15, -0.1) is 0 Å². The van der Waals surface area contributed by atoms with Crippen molar-refractivity contribution in [3.05, 3.63) is 35.5 Å². The van der Waals surface area contributed by atoms with Gasteiger partial charge in [-0.3, -0.25) is 4.98 Å². The largest absolute Gasteiger partial charge is 0.491 e. The van der Waals surface area contributed by atoms with E-state index in [-0.39, 0.29) is 11.0 Å². The molecule has 8 heteroatoms. The van der Waals surface area contributed by atoms with E-state index >= 15 is 0 Å². The summed E-state index contributed by atoms with van der Waals surface area (Å²) in [6, 6.07) is 0. The minimum atomic E-state index is -1.78. The van der Waals surface area contributed by atoms with Crippen LogP contribution >= 0.6 is 0 Å². The lowest BCUT2D eigenvalue weighted by atomic mass is 9.77. The summed E-state index contributed by atoms with van der Waals surface area (Å²) in [5.41, 5.74) is 1.25. The van der Waals surface area contributed by atoms with Crippen molar-refractivity contribution in [1.29, 1.82) is 0 Å². The van der Waals surface area contributed by atoms with E-state index in [0.29, 0.717) is 17.2 Å². The molecule has 0 aliphatic carbocycles. The molecule has 104 valence electrons. The summed E-state index contributed by atoms with van der Waals surface area (Å²) in [5.74, 6) is -0.143. The SMILES string of the molecule is COC(=O)c1c(B(O)O)c(C)n(-c2cnccn2)c1C. The Hall–Kier alpha value is -2.19. The highest BCUT2D eigenvalue weighted by molar-refractivity contribution is 6.61. The third-order valence-corrected chi connectivity index (χ3v) is 3.12. The lowest BCUT2D eigenvalue weighted by molar-refractivity contribution is 0.0601. The van der Waals surface area contributed by atoms with Gasteiger partial charge in [-0.1, -0.05) is 0 Å². The molecule has 2 aromatic rings. The second-order valence-electron chi connectivity index (χ2n) is 4.22. The minimum Gasteiger partial charge on any atom is -0.465 e. The molecule has 0 amide bonds. The van der Waals surface area contributed by atoms with Gasteiger partial charge in [-0.25, -0.2) is 9.78 Å². The Bertz CT molecular complexity index is 640. The number of nitrogens with zero attached hydrogens (tertiary/aromatic N) is 3. The van der Waals surface area contributed by atoms with Gasteiger partial charge in [0.1, 0.15) is 0 Å². The molecule has 2 heterocycles. The van der Waals surface area contributed by atoms with Crippen LogP contribution in [-0.4, -0.2) is 44.8 Å². The quantitative estimate of drug-likeness (QED) is 0.570. The van der Waals surface area contributed by atoms with E-state index in [2.05, 4.69) is 9.97 Å². The summed E-state index contributed by atoms with van der Waals surface area (Å²) < 4.78 is 6.33. The first-order valence-electron chi connectivity index (χ1n) is 5.91. The van der Waals surface area contributed by atoms with Gasteiger partial charge in [0.2, 0.25) is 0 Å². The van der Waals surface area contributed by atoms with E-state index < -0.39 is 13.1 Å². The Morgan fingerprint density at radius 1 is 1.30 bits per heavy atom. The second-order valence-corrected chi connectivity index (χ2v) is 4.22. The number of aromatic nitrogens is 3. The average molecular weight is 275 g/mol. The zero-order chi connectivity index (χ0) is 14.9. The molecule has 0 radical (unpaired) electrons. The van der Waals surface area contributed by atoms with Crippen LogP contribution < -0.4 is 5.46 Å². The molecule has 0 aromatic carbocycles. The molecule has 2 N–H and O–H groups in total. The molecule has 0 aliphatic rings. The van der Waals surface area contributed by atoms with Crippen molar-refractivity contribution in [2.24, 2.45) is 0 Å². The number of hydrogen-bond acceptors (Lipinski definition) is 6. The van der Waals surface area contributed by atoms with E-state index in [1.165, 1.54) is 25.7 Å². The van der Waals surface area contributed by atoms with Crippen LogP contribution in [0.1, 0.15) is 21.7 Å². The Balaban J connectivity index is 2.75. The Morgan fingerprint density at radius 2 is 2.00 bits per heavy atom. The van der Waals surface area contributed by atoms with Crippen LogP contribution in [0.25, 0.3) is 5.82 Å². The predicted molar refractivity (Wildman–Crippen MR) is 72.0 cm³/mol. The van der Waals surface area contributed by atoms with Crippen LogP contribution in [0.4, 0.5) is 0 Å². The van der Waals surface area contributed by atoms with Crippen molar-refractivity contribution >= 4 is 18.6 Å². The Kier molecular flexibility index (Phi) is 3.87. The van der Waals surface area contributed by atoms with Gasteiger partial charge in [0.05, 0.1) is 18.9 Å². The molecular formula is C12H14BN3O4. The fourth-order valence-corrected chi connectivity index (χ4v) is 2.29. The summed E-state index contributed by atoms with van der Waals surface area (Å²) in [5, 5.41) is 19.0.